The molecule has 1 heterocycles. The van der Waals surface area contributed by atoms with Crippen LogP contribution < -0.4 is 4.90 Å². The molecule has 1 aliphatic heterocycles. The summed E-state index contributed by atoms with van der Waals surface area (Å²) >= 11 is 0. The Morgan fingerprint density at radius 1 is 0.656 bits per heavy atom. The summed E-state index contributed by atoms with van der Waals surface area (Å²) in [5.74, 6) is -2.27. The van der Waals surface area contributed by atoms with Crippen molar-refractivity contribution in [1.29, 1.82) is 0 Å². The predicted octanol–water partition coefficient (Wildman–Crippen LogP) is 5.06. The molecule has 3 aromatic rings. The molecule has 3 aliphatic carbocycles. The van der Waals surface area contributed by atoms with Crippen molar-refractivity contribution in [1.82, 2.24) is 0 Å². The number of hydrogen-bond donors (Lipinski definition) is 0. The maximum Gasteiger partial charge on any atom is 0.238 e. The van der Waals surface area contributed by atoms with Gasteiger partial charge in [0.25, 0.3) is 0 Å². The first-order valence-electron chi connectivity index (χ1n) is 10.7. The van der Waals surface area contributed by atoms with Gasteiger partial charge >= 0.3 is 0 Å². The van der Waals surface area contributed by atoms with Crippen LogP contribution in [-0.4, -0.2) is 17.6 Å². The molecule has 6 heteroatoms. The lowest BCUT2D eigenvalue weighted by Crippen LogP contribution is -2.44. The minimum Gasteiger partial charge on any atom is -0.299 e. The Hall–Kier alpha value is -3.93. The van der Waals surface area contributed by atoms with Gasteiger partial charge in [0.05, 0.1) is 34.8 Å². The number of hydrogen-bond acceptors (Lipinski definition) is 5. The third kappa shape index (κ3) is 2.69. The van der Waals surface area contributed by atoms with Gasteiger partial charge in [-0.05, 0) is 47.5 Å². The van der Waals surface area contributed by atoms with Crippen molar-refractivity contribution in [3.05, 3.63) is 90.0 Å². The van der Waals surface area contributed by atoms with Crippen LogP contribution in [0.5, 0.6) is 0 Å². The quantitative estimate of drug-likeness (QED) is 0.438. The number of carbonyl (C=O) groups excluding carboxylic acids is 3. The number of benzene rings is 3. The Labute approximate surface area is 184 Å². The van der Waals surface area contributed by atoms with Crippen molar-refractivity contribution in [2.75, 3.05) is 4.90 Å². The highest BCUT2D eigenvalue weighted by atomic mass is 16.2. The van der Waals surface area contributed by atoms with E-state index in [2.05, 4.69) is 10.2 Å². The number of Topliss-reactive ketones (excluding diaryl/α,β-unsaturated/α-hetero) is 1. The number of ketones is 1. The summed E-state index contributed by atoms with van der Waals surface area (Å²) < 4.78 is 0. The van der Waals surface area contributed by atoms with E-state index in [1.807, 2.05) is 54.6 Å². The highest BCUT2D eigenvalue weighted by Crippen LogP contribution is 2.57. The molecule has 0 N–H and O–H groups in total. The van der Waals surface area contributed by atoms with E-state index in [-0.39, 0.29) is 23.5 Å². The van der Waals surface area contributed by atoms with Gasteiger partial charge in [-0.25, -0.2) is 0 Å². The molecule has 6 nitrogen and oxygen atoms in total. The van der Waals surface area contributed by atoms with E-state index >= 15 is 0 Å². The fraction of sp³-hybridized carbons (Fsp3) is 0.192. The summed E-state index contributed by atoms with van der Waals surface area (Å²) in [5.41, 5.74) is 3.82. The predicted molar refractivity (Wildman–Crippen MR) is 118 cm³/mol. The van der Waals surface area contributed by atoms with Crippen molar-refractivity contribution >= 4 is 34.7 Å². The van der Waals surface area contributed by atoms with Crippen molar-refractivity contribution in [3.8, 4) is 0 Å². The molecule has 1 saturated carbocycles. The standard InChI is InChI=1S/C26H19N3O3/c30-21-14-20-18-8-4-5-9-19(18)22(21)24-23(20)25(31)29(26(24)32)17-12-10-16(11-13-17)28-27-15-6-2-1-3-7-15/h1-13,20,22-24H,14H2/t20-,22-,23-,24-/m0/s1. The van der Waals surface area contributed by atoms with E-state index in [9.17, 15) is 14.4 Å². The number of amides is 2. The smallest absolute Gasteiger partial charge is 0.238 e. The summed E-state index contributed by atoms with van der Waals surface area (Å²) in [5, 5.41) is 8.41. The number of nitrogens with zero attached hydrogens (tertiary/aromatic N) is 3. The van der Waals surface area contributed by atoms with Crippen LogP contribution in [0.1, 0.15) is 29.4 Å². The number of fused-ring (bicyclic) bond motifs is 1. The number of carbonyl (C=O) groups is 3. The van der Waals surface area contributed by atoms with Gasteiger partial charge in [0.15, 0.2) is 0 Å². The Morgan fingerprint density at radius 2 is 1.25 bits per heavy atom. The Morgan fingerprint density at radius 3 is 1.97 bits per heavy atom. The van der Waals surface area contributed by atoms with Crippen molar-refractivity contribution < 1.29 is 14.4 Å². The molecule has 0 spiro atoms. The number of azo groups is 1. The van der Waals surface area contributed by atoms with Gasteiger partial charge in [0, 0.05) is 12.3 Å². The summed E-state index contributed by atoms with van der Waals surface area (Å²) in [6, 6.07) is 24.0. The molecule has 7 rings (SSSR count). The van der Waals surface area contributed by atoms with Gasteiger partial charge in [-0.2, -0.15) is 10.2 Å². The zero-order valence-corrected chi connectivity index (χ0v) is 17.1. The SMILES string of the molecule is O=C1C[C@H]2c3ccccc3[C@@H]1[C@@H]1C(=O)N(c3ccc(N=Nc4ccccc4)cc3)C(=O)[C@H]12. The normalized spacial score (nSPS) is 26.0. The average Bonchev–Trinajstić information content (AvgIpc) is 3.10. The molecule has 2 fully saturated rings. The molecule has 2 amide bonds. The van der Waals surface area contributed by atoms with Gasteiger partial charge in [0.1, 0.15) is 5.78 Å². The molecule has 3 aromatic carbocycles. The van der Waals surface area contributed by atoms with E-state index in [0.717, 1.165) is 16.8 Å². The van der Waals surface area contributed by atoms with Crippen LogP contribution in [0.3, 0.4) is 0 Å². The number of imide groups is 1. The van der Waals surface area contributed by atoms with Crippen LogP contribution in [0, 0.1) is 11.8 Å². The fourth-order valence-corrected chi connectivity index (χ4v) is 5.49. The Balaban J connectivity index is 1.31. The zero-order valence-electron chi connectivity index (χ0n) is 17.1. The molecule has 32 heavy (non-hydrogen) atoms. The second-order valence-electron chi connectivity index (χ2n) is 8.50. The summed E-state index contributed by atoms with van der Waals surface area (Å²) in [6.45, 7) is 0. The first-order valence-corrected chi connectivity index (χ1v) is 10.7. The maximum atomic E-state index is 13.4. The minimum absolute atomic E-state index is 0.0645. The van der Waals surface area contributed by atoms with Crippen LogP contribution >= 0.6 is 0 Å². The van der Waals surface area contributed by atoms with E-state index in [1.54, 1.807) is 24.3 Å². The Bertz CT molecular complexity index is 1280. The topological polar surface area (TPSA) is 79.2 Å². The Kier molecular flexibility index (Phi) is 4.15. The van der Waals surface area contributed by atoms with E-state index in [0.29, 0.717) is 17.8 Å². The molecular weight excluding hydrogens is 402 g/mol. The highest BCUT2D eigenvalue weighted by molar-refractivity contribution is 6.24. The van der Waals surface area contributed by atoms with Crippen molar-refractivity contribution in [2.24, 2.45) is 22.1 Å². The second kappa shape index (κ2) is 7.05. The molecule has 156 valence electrons. The van der Waals surface area contributed by atoms with E-state index < -0.39 is 17.8 Å². The second-order valence-corrected chi connectivity index (χ2v) is 8.50. The molecule has 4 atom stereocenters. The lowest BCUT2D eigenvalue weighted by molar-refractivity contribution is -0.134. The van der Waals surface area contributed by atoms with Gasteiger partial charge in [-0.3, -0.25) is 19.3 Å². The fourth-order valence-electron chi connectivity index (χ4n) is 5.49. The summed E-state index contributed by atoms with van der Waals surface area (Å²) in [7, 11) is 0. The molecule has 0 radical (unpaired) electrons. The van der Waals surface area contributed by atoms with Crippen molar-refractivity contribution in [3.63, 3.8) is 0 Å². The van der Waals surface area contributed by atoms with Gasteiger partial charge in [0.2, 0.25) is 11.8 Å². The van der Waals surface area contributed by atoms with Gasteiger partial charge in [-0.1, -0.05) is 42.5 Å². The third-order valence-corrected chi connectivity index (χ3v) is 6.83. The lowest BCUT2D eigenvalue weighted by atomic mass is 9.56. The number of anilines is 1. The van der Waals surface area contributed by atoms with E-state index in [4.69, 9.17) is 0 Å². The zero-order chi connectivity index (χ0) is 21.8. The van der Waals surface area contributed by atoms with Crippen LogP contribution in [0.2, 0.25) is 0 Å². The first-order chi connectivity index (χ1) is 15.6. The molecule has 2 bridgehead atoms. The monoisotopic (exact) mass is 421 g/mol. The summed E-state index contributed by atoms with van der Waals surface area (Å²) in [4.78, 5) is 40.9. The third-order valence-electron chi connectivity index (χ3n) is 6.83. The number of rotatable bonds is 3. The molecule has 4 aliphatic rings. The summed E-state index contributed by atoms with van der Waals surface area (Å²) in [6.07, 6.45) is 0.328. The van der Waals surface area contributed by atoms with Crippen LogP contribution in [0.4, 0.5) is 17.1 Å². The minimum atomic E-state index is -0.610. The van der Waals surface area contributed by atoms with Crippen LogP contribution in [0.15, 0.2) is 89.1 Å². The molecular formula is C26H19N3O3. The largest absolute Gasteiger partial charge is 0.299 e. The lowest BCUT2D eigenvalue weighted by Gasteiger charge is -2.43. The van der Waals surface area contributed by atoms with Crippen LogP contribution in [-0.2, 0) is 14.4 Å². The highest BCUT2D eigenvalue weighted by Gasteiger charge is 2.62. The van der Waals surface area contributed by atoms with Gasteiger partial charge in [-0.15, -0.1) is 0 Å². The average molecular weight is 421 g/mol. The molecule has 0 unspecified atom stereocenters. The van der Waals surface area contributed by atoms with Gasteiger partial charge < -0.3 is 0 Å². The van der Waals surface area contributed by atoms with Crippen LogP contribution in [0.25, 0.3) is 0 Å². The molecule has 1 saturated heterocycles. The maximum absolute atomic E-state index is 13.4. The van der Waals surface area contributed by atoms with E-state index in [1.165, 1.54) is 4.90 Å². The first kappa shape index (κ1) is 18.8. The van der Waals surface area contributed by atoms with Crippen molar-refractivity contribution in [2.45, 2.75) is 18.3 Å². The molecule has 0 aromatic heterocycles.